The molecule has 1 saturated heterocycles. The number of benzene rings is 3. The first-order valence-corrected chi connectivity index (χ1v) is 13.9. The number of carbonyl (C=O) groups is 1. The lowest BCUT2D eigenvalue weighted by Gasteiger charge is -2.15. The van der Waals surface area contributed by atoms with Crippen molar-refractivity contribution < 1.29 is 23.9 Å². The number of nitro groups is 1. The molecule has 1 aliphatic rings. The Balaban J connectivity index is 1.55. The molecule has 4 rings (SSSR count). The first-order valence-electron chi connectivity index (χ1n) is 11.6. The Kier molecular flexibility index (Phi) is 9.23. The summed E-state index contributed by atoms with van der Waals surface area (Å²) in [5.74, 6) is 1.63. The molecule has 3 aromatic carbocycles. The second-order valence-corrected chi connectivity index (χ2v) is 10.8. The molecule has 0 aliphatic carbocycles. The molecule has 1 fully saturated rings. The highest BCUT2D eigenvalue weighted by Gasteiger charge is 2.33. The van der Waals surface area contributed by atoms with Crippen molar-refractivity contribution >= 4 is 74.2 Å². The first kappa shape index (κ1) is 27.9. The molecular formula is C27H23IN2O6S2. The molecule has 1 aliphatic heterocycles. The number of thioether (sulfide) groups is 1. The molecule has 0 atom stereocenters. The van der Waals surface area contributed by atoms with Crippen LogP contribution in [-0.4, -0.2) is 28.4 Å². The minimum atomic E-state index is -0.439. The minimum Gasteiger partial charge on any atom is -0.494 e. The molecule has 38 heavy (non-hydrogen) atoms. The van der Waals surface area contributed by atoms with Gasteiger partial charge in [-0.3, -0.25) is 19.8 Å². The molecule has 11 heteroatoms. The van der Waals surface area contributed by atoms with E-state index in [1.165, 1.54) is 28.8 Å². The second-order valence-electron chi connectivity index (χ2n) is 7.92. The number of non-ortho nitro benzene ring substituents is 1. The summed E-state index contributed by atoms with van der Waals surface area (Å²) in [5.41, 5.74) is 2.26. The van der Waals surface area contributed by atoms with Crippen molar-refractivity contribution in [2.45, 2.75) is 20.5 Å². The summed E-state index contributed by atoms with van der Waals surface area (Å²) in [4.78, 5) is 25.7. The van der Waals surface area contributed by atoms with E-state index in [-0.39, 0.29) is 18.2 Å². The topological polar surface area (TPSA) is 91.1 Å². The Hall–Kier alpha value is -3.16. The van der Waals surface area contributed by atoms with Gasteiger partial charge in [0.15, 0.2) is 15.8 Å². The average molecular weight is 663 g/mol. The average Bonchev–Trinajstić information content (AvgIpc) is 3.17. The molecule has 0 N–H and O–H groups in total. The fourth-order valence-electron chi connectivity index (χ4n) is 3.64. The Bertz CT molecular complexity index is 1390. The lowest BCUT2D eigenvalue weighted by atomic mass is 10.1. The Morgan fingerprint density at radius 3 is 2.34 bits per heavy atom. The maximum Gasteiger partial charge on any atom is 0.270 e. The van der Waals surface area contributed by atoms with Crippen LogP contribution in [0.5, 0.6) is 17.2 Å². The van der Waals surface area contributed by atoms with Crippen LogP contribution in [0.25, 0.3) is 6.08 Å². The van der Waals surface area contributed by atoms with Crippen LogP contribution in [0.15, 0.2) is 65.6 Å². The number of carbonyl (C=O) groups excluding carboxylic acids is 1. The van der Waals surface area contributed by atoms with Gasteiger partial charge in [0.2, 0.25) is 0 Å². The Morgan fingerprint density at radius 1 is 1.03 bits per heavy atom. The predicted octanol–water partition coefficient (Wildman–Crippen LogP) is 6.98. The summed E-state index contributed by atoms with van der Waals surface area (Å²) >= 11 is 8.91. The van der Waals surface area contributed by atoms with Gasteiger partial charge in [-0.25, -0.2) is 0 Å². The second kappa shape index (κ2) is 12.6. The van der Waals surface area contributed by atoms with Gasteiger partial charge in [-0.1, -0.05) is 24.0 Å². The number of hydrogen-bond acceptors (Lipinski definition) is 8. The molecule has 0 aromatic heterocycles. The highest BCUT2D eigenvalue weighted by atomic mass is 127. The number of amides is 1. The molecular weight excluding hydrogens is 639 g/mol. The van der Waals surface area contributed by atoms with Crippen molar-refractivity contribution in [2.75, 3.05) is 18.1 Å². The molecule has 0 radical (unpaired) electrons. The third-order valence-electron chi connectivity index (χ3n) is 5.36. The van der Waals surface area contributed by atoms with Crippen LogP contribution in [0.3, 0.4) is 0 Å². The van der Waals surface area contributed by atoms with Crippen molar-refractivity contribution in [3.63, 3.8) is 0 Å². The van der Waals surface area contributed by atoms with Crippen molar-refractivity contribution in [2.24, 2.45) is 0 Å². The monoisotopic (exact) mass is 662 g/mol. The fourth-order valence-corrected chi connectivity index (χ4v) is 5.72. The van der Waals surface area contributed by atoms with E-state index in [0.717, 1.165) is 20.4 Å². The van der Waals surface area contributed by atoms with Crippen molar-refractivity contribution in [1.29, 1.82) is 0 Å². The van der Waals surface area contributed by atoms with Gasteiger partial charge >= 0.3 is 0 Å². The van der Waals surface area contributed by atoms with E-state index in [0.29, 0.717) is 39.6 Å². The van der Waals surface area contributed by atoms with Crippen LogP contribution in [0.4, 0.5) is 11.4 Å². The Labute approximate surface area is 243 Å². The third kappa shape index (κ3) is 6.45. The zero-order valence-electron chi connectivity index (χ0n) is 20.5. The molecule has 8 nitrogen and oxygen atoms in total. The normalized spacial score (nSPS) is 14.2. The van der Waals surface area contributed by atoms with Gasteiger partial charge < -0.3 is 14.2 Å². The molecule has 1 amide bonds. The SMILES string of the molecule is CCOc1ccc(N2C(=O)/C(=C\c3cc(I)c(OCc4ccc([N+](=O)[O-])cc4)c(OCC)c3)SC2=S)cc1. The van der Waals surface area contributed by atoms with Crippen molar-refractivity contribution in [1.82, 2.24) is 0 Å². The van der Waals surface area contributed by atoms with Crippen LogP contribution in [0.1, 0.15) is 25.0 Å². The maximum atomic E-state index is 13.2. The summed E-state index contributed by atoms with van der Waals surface area (Å²) < 4.78 is 18.6. The summed E-state index contributed by atoms with van der Waals surface area (Å²) in [6, 6.07) is 17.2. The highest BCUT2D eigenvalue weighted by Crippen LogP contribution is 2.39. The number of anilines is 1. The number of halogens is 1. The van der Waals surface area contributed by atoms with Gasteiger partial charge in [0.25, 0.3) is 11.6 Å². The molecule has 0 spiro atoms. The van der Waals surface area contributed by atoms with Crippen LogP contribution >= 0.6 is 46.6 Å². The van der Waals surface area contributed by atoms with Gasteiger partial charge in [0.05, 0.1) is 32.3 Å². The van der Waals surface area contributed by atoms with E-state index in [2.05, 4.69) is 22.6 Å². The molecule has 1 heterocycles. The van der Waals surface area contributed by atoms with E-state index in [9.17, 15) is 14.9 Å². The van der Waals surface area contributed by atoms with Gasteiger partial charge in [-0.05, 0) is 102 Å². The quantitative estimate of drug-likeness (QED) is 0.0756. The van der Waals surface area contributed by atoms with Gasteiger partial charge in [0, 0.05) is 12.1 Å². The number of rotatable bonds is 10. The summed E-state index contributed by atoms with van der Waals surface area (Å²) in [6.07, 6.45) is 1.79. The molecule has 0 saturated carbocycles. The predicted molar refractivity (Wildman–Crippen MR) is 161 cm³/mol. The van der Waals surface area contributed by atoms with Crippen LogP contribution < -0.4 is 19.1 Å². The standard InChI is InChI=1S/C27H23IN2O6S2/c1-3-34-21-11-9-19(10-12-21)29-26(31)24(38-27(29)37)15-18-13-22(28)25(23(14-18)35-4-2)36-16-17-5-7-20(8-6-17)30(32)33/h5-15H,3-4,16H2,1-2H3/b24-15+. The van der Waals surface area contributed by atoms with Crippen molar-refractivity contribution in [3.8, 4) is 17.2 Å². The lowest BCUT2D eigenvalue weighted by Crippen LogP contribution is -2.27. The Morgan fingerprint density at radius 2 is 1.71 bits per heavy atom. The van der Waals surface area contributed by atoms with Crippen LogP contribution in [0, 0.1) is 13.7 Å². The van der Waals surface area contributed by atoms with Gasteiger partial charge in [-0.2, -0.15) is 0 Å². The van der Waals surface area contributed by atoms with E-state index in [1.54, 1.807) is 18.2 Å². The number of ether oxygens (including phenoxy) is 3. The zero-order valence-corrected chi connectivity index (χ0v) is 24.3. The lowest BCUT2D eigenvalue weighted by molar-refractivity contribution is -0.384. The van der Waals surface area contributed by atoms with Gasteiger partial charge in [-0.15, -0.1) is 0 Å². The van der Waals surface area contributed by atoms with Crippen molar-refractivity contribution in [3.05, 3.63) is 90.4 Å². The minimum absolute atomic E-state index is 0.0237. The zero-order chi connectivity index (χ0) is 27.2. The van der Waals surface area contributed by atoms with Gasteiger partial charge in [0.1, 0.15) is 12.4 Å². The number of thiocarbonyl (C=S) groups is 1. The summed E-state index contributed by atoms with van der Waals surface area (Å²) in [5, 5.41) is 10.9. The maximum absolute atomic E-state index is 13.2. The number of nitrogens with zero attached hydrogens (tertiary/aromatic N) is 2. The van der Waals surface area contributed by atoms with E-state index in [1.807, 2.05) is 50.2 Å². The van der Waals surface area contributed by atoms with E-state index >= 15 is 0 Å². The largest absolute Gasteiger partial charge is 0.494 e. The molecule has 196 valence electrons. The molecule has 0 bridgehead atoms. The van der Waals surface area contributed by atoms with Crippen LogP contribution in [-0.2, 0) is 11.4 Å². The number of hydrogen-bond donors (Lipinski definition) is 0. The van der Waals surface area contributed by atoms with Crippen LogP contribution in [0.2, 0.25) is 0 Å². The smallest absolute Gasteiger partial charge is 0.270 e. The molecule has 3 aromatic rings. The third-order valence-corrected chi connectivity index (χ3v) is 7.46. The summed E-state index contributed by atoms with van der Waals surface area (Å²) in [7, 11) is 0. The number of nitro benzene ring substituents is 1. The van der Waals surface area contributed by atoms with E-state index < -0.39 is 4.92 Å². The fraction of sp³-hybridized carbons (Fsp3) is 0.185. The summed E-state index contributed by atoms with van der Waals surface area (Å²) in [6.45, 7) is 4.99. The van der Waals surface area contributed by atoms with E-state index in [4.69, 9.17) is 26.4 Å². The molecule has 0 unspecified atom stereocenters. The first-order chi connectivity index (χ1) is 18.3. The highest BCUT2D eigenvalue weighted by molar-refractivity contribution is 14.1.